The summed E-state index contributed by atoms with van der Waals surface area (Å²) in [7, 11) is 1.65. The van der Waals surface area contributed by atoms with E-state index in [-0.39, 0.29) is 0 Å². The minimum absolute atomic E-state index is 0.375. The van der Waals surface area contributed by atoms with E-state index in [0.29, 0.717) is 13.2 Å². The van der Waals surface area contributed by atoms with E-state index in [1.165, 1.54) is 0 Å². The molecule has 3 heteroatoms. The molecule has 1 saturated heterocycles. The molecular weight excluding hydrogens is 192 g/mol. The van der Waals surface area contributed by atoms with Gasteiger partial charge < -0.3 is 14.6 Å². The average Bonchev–Trinajstić information content (AvgIpc) is 2.17. The van der Waals surface area contributed by atoms with E-state index in [9.17, 15) is 5.11 Å². The molecule has 0 amide bonds. The van der Waals surface area contributed by atoms with Gasteiger partial charge >= 0.3 is 0 Å². The van der Waals surface area contributed by atoms with Crippen LogP contribution in [0.2, 0.25) is 0 Å². The van der Waals surface area contributed by atoms with Crippen LogP contribution in [0, 0.1) is 13.8 Å². The Labute approximate surface area is 89.6 Å². The third kappa shape index (κ3) is 1.62. The van der Waals surface area contributed by atoms with Gasteiger partial charge in [0, 0.05) is 0 Å². The van der Waals surface area contributed by atoms with Gasteiger partial charge in [-0.05, 0) is 36.6 Å². The van der Waals surface area contributed by atoms with E-state index in [4.69, 9.17) is 9.47 Å². The first-order valence-electron chi connectivity index (χ1n) is 5.03. The number of ether oxygens (including phenoxy) is 2. The lowest BCUT2D eigenvalue weighted by Gasteiger charge is -2.38. The third-order valence-corrected chi connectivity index (χ3v) is 2.91. The lowest BCUT2D eigenvalue weighted by molar-refractivity contribution is -0.185. The second-order valence-corrected chi connectivity index (χ2v) is 4.16. The average molecular weight is 208 g/mol. The van der Waals surface area contributed by atoms with E-state index in [0.717, 1.165) is 22.4 Å². The number of hydrogen-bond acceptors (Lipinski definition) is 3. The largest absolute Gasteiger partial charge is 0.496 e. The second-order valence-electron chi connectivity index (χ2n) is 4.16. The molecule has 82 valence electrons. The summed E-state index contributed by atoms with van der Waals surface area (Å²) in [6.45, 7) is 4.71. The van der Waals surface area contributed by atoms with Crippen LogP contribution in [-0.2, 0) is 10.3 Å². The first kappa shape index (κ1) is 10.5. The molecule has 15 heavy (non-hydrogen) atoms. The van der Waals surface area contributed by atoms with Gasteiger partial charge in [-0.15, -0.1) is 0 Å². The quantitative estimate of drug-likeness (QED) is 0.801. The zero-order valence-corrected chi connectivity index (χ0v) is 9.33. The molecule has 1 aromatic rings. The highest BCUT2D eigenvalue weighted by molar-refractivity contribution is 5.46. The van der Waals surface area contributed by atoms with Gasteiger partial charge in [-0.2, -0.15) is 0 Å². The highest BCUT2D eigenvalue weighted by Gasteiger charge is 2.39. The van der Waals surface area contributed by atoms with Crippen molar-refractivity contribution >= 4 is 0 Å². The Bertz CT molecular complexity index is 381. The fraction of sp³-hybridized carbons (Fsp3) is 0.500. The molecule has 0 atom stereocenters. The Morgan fingerprint density at radius 1 is 1.33 bits per heavy atom. The minimum atomic E-state index is -0.816. The molecule has 0 aromatic heterocycles. The maximum Gasteiger partial charge on any atom is 0.136 e. The predicted molar refractivity (Wildman–Crippen MR) is 57.2 cm³/mol. The van der Waals surface area contributed by atoms with Crippen molar-refractivity contribution in [2.24, 2.45) is 0 Å². The lowest BCUT2D eigenvalue weighted by Crippen LogP contribution is -2.47. The zero-order chi connectivity index (χ0) is 11.1. The third-order valence-electron chi connectivity index (χ3n) is 2.91. The van der Waals surface area contributed by atoms with Gasteiger partial charge in [0.25, 0.3) is 0 Å². The van der Waals surface area contributed by atoms with Gasteiger partial charge in [-0.25, -0.2) is 0 Å². The summed E-state index contributed by atoms with van der Waals surface area (Å²) in [6, 6.07) is 3.97. The van der Waals surface area contributed by atoms with Crippen LogP contribution in [0.1, 0.15) is 16.7 Å². The van der Waals surface area contributed by atoms with E-state index >= 15 is 0 Å². The van der Waals surface area contributed by atoms with Gasteiger partial charge in [0.2, 0.25) is 0 Å². The van der Waals surface area contributed by atoms with Gasteiger partial charge in [0.15, 0.2) is 0 Å². The standard InChI is InChI=1S/C12H16O3/c1-8-4-10(12(13)6-15-7-12)9(2)11(5-8)14-3/h4-5,13H,6-7H2,1-3H3. The Morgan fingerprint density at radius 3 is 2.47 bits per heavy atom. The summed E-state index contributed by atoms with van der Waals surface area (Å²) >= 11 is 0. The first-order chi connectivity index (χ1) is 7.07. The monoisotopic (exact) mass is 208 g/mol. The smallest absolute Gasteiger partial charge is 0.136 e. The zero-order valence-electron chi connectivity index (χ0n) is 9.33. The van der Waals surface area contributed by atoms with E-state index in [1.807, 2.05) is 26.0 Å². The fourth-order valence-electron chi connectivity index (χ4n) is 1.97. The van der Waals surface area contributed by atoms with E-state index in [2.05, 4.69) is 0 Å². The molecule has 0 bridgehead atoms. The summed E-state index contributed by atoms with van der Waals surface area (Å²) in [5, 5.41) is 10.2. The van der Waals surface area contributed by atoms with Crippen LogP contribution in [0.15, 0.2) is 12.1 Å². The maximum atomic E-state index is 10.2. The highest BCUT2D eigenvalue weighted by Crippen LogP contribution is 2.35. The van der Waals surface area contributed by atoms with Crippen LogP contribution in [0.3, 0.4) is 0 Å². The van der Waals surface area contributed by atoms with Crippen molar-refractivity contribution in [2.75, 3.05) is 20.3 Å². The SMILES string of the molecule is COc1cc(C)cc(C2(O)COC2)c1C. The highest BCUT2D eigenvalue weighted by atomic mass is 16.5. The molecule has 2 rings (SSSR count). The molecule has 1 heterocycles. The predicted octanol–water partition coefficient (Wildman–Crippen LogP) is 1.53. The number of aliphatic hydroxyl groups is 1. The number of methoxy groups -OCH3 is 1. The lowest BCUT2D eigenvalue weighted by atomic mass is 9.87. The van der Waals surface area contributed by atoms with Crippen LogP contribution in [-0.4, -0.2) is 25.4 Å². The molecule has 0 saturated carbocycles. The summed E-state index contributed by atoms with van der Waals surface area (Å²) in [4.78, 5) is 0. The topological polar surface area (TPSA) is 38.7 Å². The van der Waals surface area contributed by atoms with Crippen molar-refractivity contribution in [3.05, 3.63) is 28.8 Å². The van der Waals surface area contributed by atoms with Crippen LogP contribution in [0.4, 0.5) is 0 Å². The molecule has 1 N–H and O–H groups in total. The molecule has 0 aliphatic carbocycles. The maximum absolute atomic E-state index is 10.2. The Morgan fingerprint density at radius 2 is 2.00 bits per heavy atom. The molecular formula is C12H16O3. The molecule has 1 fully saturated rings. The number of rotatable bonds is 2. The van der Waals surface area contributed by atoms with E-state index in [1.54, 1.807) is 7.11 Å². The van der Waals surface area contributed by atoms with Gasteiger partial charge in [-0.1, -0.05) is 6.07 Å². The van der Waals surface area contributed by atoms with Crippen molar-refractivity contribution in [3.63, 3.8) is 0 Å². The van der Waals surface area contributed by atoms with Crippen LogP contribution in [0.25, 0.3) is 0 Å². The number of aryl methyl sites for hydroxylation is 1. The van der Waals surface area contributed by atoms with Crippen molar-refractivity contribution in [1.29, 1.82) is 0 Å². The van der Waals surface area contributed by atoms with Crippen LogP contribution < -0.4 is 4.74 Å². The summed E-state index contributed by atoms with van der Waals surface area (Å²) in [5.74, 6) is 0.824. The van der Waals surface area contributed by atoms with Gasteiger partial charge in [0.05, 0.1) is 20.3 Å². The normalized spacial score (nSPS) is 18.4. The van der Waals surface area contributed by atoms with Crippen molar-refractivity contribution in [1.82, 2.24) is 0 Å². The Kier molecular flexibility index (Phi) is 2.44. The summed E-state index contributed by atoms with van der Waals surface area (Å²) in [6.07, 6.45) is 0. The van der Waals surface area contributed by atoms with Crippen molar-refractivity contribution < 1.29 is 14.6 Å². The molecule has 1 aliphatic heterocycles. The summed E-state index contributed by atoms with van der Waals surface area (Å²) < 4.78 is 10.3. The van der Waals surface area contributed by atoms with Crippen molar-refractivity contribution in [3.8, 4) is 5.75 Å². The summed E-state index contributed by atoms with van der Waals surface area (Å²) in [5.41, 5.74) is 2.19. The Hall–Kier alpha value is -1.06. The Balaban J connectivity index is 2.50. The van der Waals surface area contributed by atoms with Crippen molar-refractivity contribution in [2.45, 2.75) is 19.4 Å². The molecule has 0 radical (unpaired) electrons. The van der Waals surface area contributed by atoms with Crippen LogP contribution in [0.5, 0.6) is 5.75 Å². The number of benzene rings is 1. The second kappa shape index (κ2) is 3.51. The molecule has 3 nitrogen and oxygen atoms in total. The molecule has 0 spiro atoms. The first-order valence-corrected chi connectivity index (χ1v) is 5.03. The fourth-order valence-corrected chi connectivity index (χ4v) is 1.97. The van der Waals surface area contributed by atoms with Gasteiger partial charge in [-0.3, -0.25) is 0 Å². The van der Waals surface area contributed by atoms with Gasteiger partial charge in [0.1, 0.15) is 11.4 Å². The van der Waals surface area contributed by atoms with Crippen LogP contribution >= 0.6 is 0 Å². The molecule has 0 unspecified atom stereocenters. The molecule has 1 aromatic carbocycles. The minimum Gasteiger partial charge on any atom is -0.496 e. The molecule has 1 aliphatic rings. The number of hydrogen-bond donors (Lipinski definition) is 1. The van der Waals surface area contributed by atoms with E-state index < -0.39 is 5.60 Å².